The standard InChI is InChI=1S/C16H27N3O2.HI/c1-4-20-13-8-11-18-16(17-2)19(3)12-14-21-15-9-6-5-7-10-15;/h5-7,9-10H,4,8,11-14H2,1-3H3,(H,17,18);1H. The summed E-state index contributed by atoms with van der Waals surface area (Å²) in [7, 11) is 3.80. The third kappa shape index (κ3) is 9.09. The number of hydrogen-bond donors (Lipinski definition) is 1. The van der Waals surface area contributed by atoms with Crippen molar-refractivity contribution in [3.8, 4) is 5.75 Å². The number of halogens is 1. The first-order chi connectivity index (χ1) is 10.3. The predicted octanol–water partition coefficient (Wildman–Crippen LogP) is 2.62. The van der Waals surface area contributed by atoms with Gasteiger partial charge >= 0.3 is 0 Å². The Hall–Kier alpha value is -1.02. The van der Waals surface area contributed by atoms with Crippen molar-refractivity contribution in [1.82, 2.24) is 10.2 Å². The average molecular weight is 421 g/mol. The van der Waals surface area contributed by atoms with Crippen LogP contribution in [-0.2, 0) is 4.74 Å². The lowest BCUT2D eigenvalue weighted by Crippen LogP contribution is -2.41. The lowest BCUT2D eigenvalue weighted by molar-refractivity contribution is 0.145. The molecular formula is C16H28IN3O2. The van der Waals surface area contributed by atoms with Crippen LogP contribution in [-0.4, -0.2) is 57.9 Å². The molecule has 126 valence electrons. The van der Waals surface area contributed by atoms with Gasteiger partial charge in [-0.25, -0.2) is 0 Å². The molecule has 0 fully saturated rings. The second-order valence-corrected chi connectivity index (χ2v) is 4.61. The normalized spacial score (nSPS) is 10.8. The summed E-state index contributed by atoms with van der Waals surface area (Å²) in [4.78, 5) is 6.33. The van der Waals surface area contributed by atoms with E-state index in [-0.39, 0.29) is 24.0 Å². The van der Waals surface area contributed by atoms with Crippen molar-refractivity contribution in [1.29, 1.82) is 0 Å². The Kier molecular flexibility index (Phi) is 13.0. The SMILES string of the molecule is CCOCCCNC(=NC)N(C)CCOc1ccccc1.I. The molecule has 0 saturated carbocycles. The van der Waals surface area contributed by atoms with Crippen LogP contribution in [0.4, 0.5) is 0 Å². The molecule has 0 aliphatic heterocycles. The number of nitrogens with one attached hydrogen (secondary N) is 1. The molecular weight excluding hydrogens is 393 g/mol. The summed E-state index contributed by atoms with van der Waals surface area (Å²) in [5, 5.41) is 3.32. The third-order valence-corrected chi connectivity index (χ3v) is 2.96. The van der Waals surface area contributed by atoms with Crippen LogP contribution >= 0.6 is 24.0 Å². The van der Waals surface area contributed by atoms with E-state index in [1.54, 1.807) is 7.05 Å². The predicted molar refractivity (Wildman–Crippen MR) is 102 cm³/mol. The van der Waals surface area contributed by atoms with Gasteiger partial charge in [0.15, 0.2) is 5.96 Å². The maximum absolute atomic E-state index is 5.68. The van der Waals surface area contributed by atoms with Gasteiger partial charge < -0.3 is 19.7 Å². The summed E-state index contributed by atoms with van der Waals surface area (Å²) in [6.07, 6.45) is 0.973. The Labute approximate surface area is 151 Å². The van der Waals surface area contributed by atoms with Crippen molar-refractivity contribution in [2.75, 3.05) is 47.0 Å². The highest BCUT2D eigenvalue weighted by atomic mass is 127. The first kappa shape index (κ1) is 21.0. The van der Waals surface area contributed by atoms with E-state index in [1.165, 1.54) is 0 Å². The molecule has 0 spiro atoms. The Bertz CT molecular complexity index is 402. The van der Waals surface area contributed by atoms with Crippen LogP contribution in [0.3, 0.4) is 0 Å². The van der Waals surface area contributed by atoms with Crippen molar-refractivity contribution in [2.45, 2.75) is 13.3 Å². The van der Waals surface area contributed by atoms with Crippen LogP contribution in [0.1, 0.15) is 13.3 Å². The summed E-state index contributed by atoms with van der Waals surface area (Å²) in [6, 6.07) is 9.84. The van der Waals surface area contributed by atoms with Crippen LogP contribution in [0.5, 0.6) is 5.75 Å². The molecule has 0 radical (unpaired) electrons. The minimum absolute atomic E-state index is 0. The second kappa shape index (κ2) is 13.6. The van der Waals surface area contributed by atoms with E-state index in [0.717, 1.165) is 44.4 Å². The lowest BCUT2D eigenvalue weighted by atomic mass is 10.3. The highest BCUT2D eigenvalue weighted by molar-refractivity contribution is 14.0. The minimum atomic E-state index is 0. The third-order valence-electron chi connectivity index (χ3n) is 2.96. The van der Waals surface area contributed by atoms with Crippen molar-refractivity contribution in [2.24, 2.45) is 4.99 Å². The smallest absolute Gasteiger partial charge is 0.193 e. The average Bonchev–Trinajstić information content (AvgIpc) is 2.52. The largest absolute Gasteiger partial charge is 0.492 e. The van der Waals surface area contributed by atoms with E-state index in [4.69, 9.17) is 9.47 Å². The Balaban J connectivity index is 0.00000441. The number of likely N-dealkylation sites (N-methyl/N-ethyl adjacent to an activating group) is 1. The van der Waals surface area contributed by atoms with Crippen LogP contribution in [0.2, 0.25) is 0 Å². The summed E-state index contributed by atoms with van der Waals surface area (Å²) in [5.74, 6) is 1.77. The van der Waals surface area contributed by atoms with E-state index in [0.29, 0.717) is 6.61 Å². The minimum Gasteiger partial charge on any atom is -0.492 e. The van der Waals surface area contributed by atoms with Crippen LogP contribution in [0.15, 0.2) is 35.3 Å². The number of aliphatic imine (C=N–C) groups is 1. The van der Waals surface area contributed by atoms with Crippen LogP contribution in [0.25, 0.3) is 0 Å². The summed E-state index contributed by atoms with van der Waals surface area (Å²) in [6.45, 7) is 5.82. The van der Waals surface area contributed by atoms with Gasteiger partial charge in [0.25, 0.3) is 0 Å². The topological polar surface area (TPSA) is 46.1 Å². The molecule has 0 saturated heterocycles. The lowest BCUT2D eigenvalue weighted by Gasteiger charge is -2.22. The summed E-state index contributed by atoms with van der Waals surface area (Å²) in [5.41, 5.74) is 0. The highest BCUT2D eigenvalue weighted by Gasteiger charge is 2.05. The zero-order valence-electron chi connectivity index (χ0n) is 13.7. The first-order valence-electron chi connectivity index (χ1n) is 7.45. The number of hydrogen-bond acceptors (Lipinski definition) is 3. The van der Waals surface area contributed by atoms with Gasteiger partial charge in [-0.05, 0) is 25.5 Å². The summed E-state index contributed by atoms with van der Waals surface area (Å²) < 4.78 is 11.0. The van der Waals surface area contributed by atoms with E-state index in [9.17, 15) is 0 Å². The monoisotopic (exact) mass is 421 g/mol. The van der Waals surface area contributed by atoms with Gasteiger partial charge in [-0.2, -0.15) is 0 Å². The molecule has 1 aromatic carbocycles. The van der Waals surface area contributed by atoms with Crippen molar-refractivity contribution < 1.29 is 9.47 Å². The molecule has 0 aliphatic rings. The fourth-order valence-electron chi connectivity index (χ4n) is 1.83. The van der Waals surface area contributed by atoms with Gasteiger partial charge in [-0.1, -0.05) is 18.2 Å². The van der Waals surface area contributed by atoms with Gasteiger partial charge in [-0.3, -0.25) is 4.99 Å². The quantitative estimate of drug-likeness (QED) is 0.288. The zero-order chi connectivity index (χ0) is 15.3. The first-order valence-corrected chi connectivity index (χ1v) is 7.45. The van der Waals surface area contributed by atoms with E-state index in [1.807, 2.05) is 44.3 Å². The second-order valence-electron chi connectivity index (χ2n) is 4.61. The number of ether oxygens (including phenoxy) is 2. The Morgan fingerprint density at radius 2 is 1.95 bits per heavy atom. The summed E-state index contributed by atoms with van der Waals surface area (Å²) >= 11 is 0. The molecule has 0 bridgehead atoms. The molecule has 1 aromatic rings. The van der Waals surface area contributed by atoms with E-state index in [2.05, 4.69) is 15.2 Å². The fourth-order valence-corrected chi connectivity index (χ4v) is 1.83. The van der Waals surface area contributed by atoms with Gasteiger partial charge in [0, 0.05) is 33.9 Å². The molecule has 1 N–H and O–H groups in total. The Morgan fingerprint density at radius 1 is 1.23 bits per heavy atom. The zero-order valence-corrected chi connectivity index (χ0v) is 16.1. The van der Waals surface area contributed by atoms with E-state index < -0.39 is 0 Å². The number of rotatable bonds is 9. The molecule has 0 unspecified atom stereocenters. The fraction of sp³-hybridized carbons (Fsp3) is 0.562. The van der Waals surface area contributed by atoms with Gasteiger partial charge in [0.2, 0.25) is 0 Å². The molecule has 1 rings (SSSR count). The number of benzene rings is 1. The van der Waals surface area contributed by atoms with Crippen molar-refractivity contribution in [3.63, 3.8) is 0 Å². The maximum atomic E-state index is 5.68. The van der Waals surface area contributed by atoms with Crippen LogP contribution < -0.4 is 10.1 Å². The van der Waals surface area contributed by atoms with Crippen molar-refractivity contribution in [3.05, 3.63) is 30.3 Å². The Morgan fingerprint density at radius 3 is 2.59 bits per heavy atom. The molecule has 0 amide bonds. The molecule has 5 nitrogen and oxygen atoms in total. The number of para-hydroxylation sites is 1. The molecule has 0 heterocycles. The van der Waals surface area contributed by atoms with Crippen LogP contribution in [0, 0.1) is 0 Å². The highest BCUT2D eigenvalue weighted by Crippen LogP contribution is 2.07. The maximum Gasteiger partial charge on any atom is 0.193 e. The van der Waals surface area contributed by atoms with Gasteiger partial charge in [0.05, 0.1) is 6.54 Å². The molecule has 0 atom stereocenters. The van der Waals surface area contributed by atoms with Gasteiger partial charge in [-0.15, -0.1) is 24.0 Å². The van der Waals surface area contributed by atoms with Gasteiger partial charge in [0.1, 0.15) is 12.4 Å². The molecule has 0 aromatic heterocycles. The molecule has 6 heteroatoms. The molecule has 0 aliphatic carbocycles. The number of guanidine groups is 1. The van der Waals surface area contributed by atoms with E-state index >= 15 is 0 Å². The number of nitrogens with zero attached hydrogens (tertiary/aromatic N) is 2. The van der Waals surface area contributed by atoms with Crippen molar-refractivity contribution >= 4 is 29.9 Å². The molecule has 22 heavy (non-hydrogen) atoms.